The van der Waals surface area contributed by atoms with Crippen LogP contribution in [0.4, 0.5) is 0 Å². The van der Waals surface area contributed by atoms with Gasteiger partial charge in [-0.25, -0.2) is 0 Å². The molecule has 0 aromatic heterocycles. The molecule has 0 atom stereocenters. The first kappa shape index (κ1) is 10.5. The number of carbonyl (C=O) groups is 1. The van der Waals surface area contributed by atoms with E-state index in [0.717, 1.165) is 11.8 Å². The molecule has 0 saturated carbocycles. The van der Waals surface area contributed by atoms with E-state index in [9.17, 15) is 9.90 Å². The molecule has 2 nitrogen and oxygen atoms in total. The molecular formula is C12H12O2. The first-order chi connectivity index (χ1) is 6.51. The van der Waals surface area contributed by atoms with Gasteiger partial charge in [0.15, 0.2) is 0 Å². The Morgan fingerprint density at radius 2 is 1.86 bits per heavy atom. The number of hydrogen-bond donors (Lipinski definition) is 1. The number of rotatable bonds is 1. The summed E-state index contributed by atoms with van der Waals surface area (Å²) in [5.41, 5.74) is 0.431. The molecule has 1 aromatic rings. The second-order valence-electron chi connectivity index (χ2n) is 3.55. The summed E-state index contributed by atoms with van der Waals surface area (Å²) in [4.78, 5) is 10.4. The van der Waals surface area contributed by atoms with Crippen molar-refractivity contribution in [2.45, 2.75) is 19.4 Å². The van der Waals surface area contributed by atoms with Gasteiger partial charge in [-0.1, -0.05) is 24.0 Å². The SMILES string of the molecule is CC(C)(O)C#Cc1ccc([13CH]=O)cc1. The highest BCUT2D eigenvalue weighted by Crippen LogP contribution is 2.02. The standard InChI is InChI=1S/C12H12O2/c1-12(2,14)8-7-10-3-5-11(9-13)6-4-10/h3-6,9,14H,1-2H3/i9+1. The molecule has 0 saturated heterocycles. The van der Waals surface area contributed by atoms with Crippen molar-refractivity contribution >= 4 is 6.29 Å². The molecule has 0 aliphatic heterocycles. The first-order valence-electron chi connectivity index (χ1n) is 4.32. The van der Waals surface area contributed by atoms with E-state index < -0.39 is 5.60 Å². The fourth-order valence-corrected chi connectivity index (χ4v) is 0.870. The van der Waals surface area contributed by atoms with E-state index in [2.05, 4.69) is 11.8 Å². The maximum Gasteiger partial charge on any atom is 0.150 e. The molecule has 0 unspecified atom stereocenters. The van der Waals surface area contributed by atoms with E-state index in [1.54, 1.807) is 38.1 Å². The van der Waals surface area contributed by atoms with Crippen LogP contribution in [0.3, 0.4) is 0 Å². The Balaban J connectivity index is 2.87. The highest BCUT2D eigenvalue weighted by atomic mass is 16.3. The zero-order valence-corrected chi connectivity index (χ0v) is 8.24. The molecule has 0 amide bonds. The van der Waals surface area contributed by atoms with Crippen LogP contribution in [0.2, 0.25) is 0 Å². The van der Waals surface area contributed by atoms with Gasteiger partial charge in [0.05, 0.1) is 0 Å². The molecule has 1 N–H and O–H groups in total. The Morgan fingerprint density at radius 1 is 1.29 bits per heavy atom. The largest absolute Gasteiger partial charge is 0.378 e. The molecule has 0 spiro atoms. The lowest BCUT2D eigenvalue weighted by Gasteiger charge is -2.05. The summed E-state index contributed by atoms with van der Waals surface area (Å²) in [5, 5.41) is 9.35. The predicted molar refractivity (Wildman–Crippen MR) is 55.0 cm³/mol. The van der Waals surface area contributed by atoms with Crippen molar-refractivity contribution in [2.75, 3.05) is 0 Å². The maximum absolute atomic E-state index is 10.4. The first-order valence-corrected chi connectivity index (χ1v) is 4.32. The van der Waals surface area contributed by atoms with Crippen LogP contribution in [-0.4, -0.2) is 17.0 Å². The van der Waals surface area contributed by atoms with Gasteiger partial charge in [-0.05, 0) is 26.0 Å². The van der Waals surface area contributed by atoms with Gasteiger partial charge in [0, 0.05) is 11.1 Å². The summed E-state index contributed by atoms with van der Waals surface area (Å²) in [7, 11) is 0. The topological polar surface area (TPSA) is 37.3 Å². The van der Waals surface area contributed by atoms with Crippen molar-refractivity contribution < 1.29 is 9.90 Å². The third-order valence-corrected chi connectivity index (χ3v) is 1.56. The van der Waals surface area contributed by atoms with Gasteiger partial charge in [-0.15, -0.1) is 0 Å². The molecule has 0 heterocycles. The van der Waals surface area contributed by atoms with Crippen molar-refractivity contribution in [1.82, 2.24) is 0 Å². The minimum atomic E-state index is -0.983. The Hall–Kier alpha value is -1.59. The van der Waals surface area contributed by atoms with Gasteiger partial charge in [0.2, 0.25) is 0 Å². The molecule has 1 aromatic carbocycles. The van der Waals surface area contributed by atoms with Gasteiger partial charge in [-0.3, -0.25) is 4.79 Å². The minimum Gasteiger partial charge on any atom is -0.378 e. The lowest BCUT2D eigenvalue weighted by molar-refractivity contribution is 0.112. The van der Waals surface area contributed by atoms with Crippen LogP contribution >= 0.6 is 0 Å². The van der Waals surface area contributed by atoms with E-state index in [0.29, 0.717) is 5.56 Å². The second kappa shape index (κ2) is 4.08. The maximum atomic E-state index is 10.4. The summed E-state index contributed by atoms with van der Waals surface area (Å²) in [6.07, 6.45) is 0.785. The molecule has 14 heavy (non-hydrogen) atoms. The number of aliphatic hydroxyl groups is 1. The Bertz CT molecular complexity index is 372. The average molecular weight is 189 g/mol. The van der Waals surface area contributed by atoms with Crippen molar-refractivity contribution in [3.63, 3.8) is 0 Å². The van der Waals surface area contributed by atoms with E-state index >= 15 is 0 Å². The third kappa shape index (κ3) is 3.42. The Morgan fingerprint density at radius 3 is 2.29 bits per heavy atom. The van der Waals surface area contributed by atoms with E-state index in [-0.39, 0.29) is 0 Å². The van der Waals surface area contributed by atoms with E-state index in [1.807, 2.05) is 0 Å². The number of carbonyl (C=O) groups excluding carboxylic acids is 1. The quantitative estimate of drug-likeness (QED) is 0.414. The van der Waals surface area contributed by atoms with Gasteiger partial charge in [0.25, 0.3) is 0 Å². The molecule has 2 heteroatoms. The highest BCUT2D eigenvalue weighted by molar-refractivity contribution is 5.74. The van der Waals surface area contributed by atoms with Crippen molar-refractivity contribution in [3.05, 3.63) is 35.4 Å². The van der Waals surface area contributed by atoms with Gasteiger partial charge in [-0.2, -0.15) is 0 Å². The van der Waals surface area contributed by atoms with Crippen LogP contribution in [0.15, 0.2) is 24.3 Å². The molecule has 0 fully saturated rings. The summed E-state index contributed by atoms with van der Waals surface area (Å²) in [6, 6.07) is 6.90. The zero-order chi connectivity index (χ0) is 10.6. The molecule has 0 radical (unpaired) electrons. The van der Waals surface area contributed by atoms with Gasteiger partial charge in [0.1, 0.15) is 11.9 Å². The van der Waals surface area contributed by atoms with Crippen molar-refractivity contribution in [2.24, 2.45) is 0 Å². The lowest BCUT2D eigenvalue weighted by Crippen LogP contribution is -2.14. The molecule has 0 bridgehead atoms. The monoisotopic (exact) mass is 189 g/mol. The van der Waals surface area contributed by atoms with Crippen molar-refractivity contribution in [3.8, 4) is 11.8 Å². The van der Waals surface area contributed by atoms with Crippen LogP contribution in [0.1, 0.15) is 29.8 Å². The van der Waals surface area contributed by atoms with Crippen LogP contribution in [0.5, 0.6) is 0 Å². The van der Waals surface area contributed by atoms with Crippen LogP contribution in [0.25, 0.3) is 0 Å². The lowest BCUT2D eigenvalue weighted by atomic mass is 10.1. The molecule has 0 aliphatic rings. The van der Waals surface area contributed by atoms with Crippen LogP contribution < -0.4 is 0 Å². The Labute approximate surface area is 83.6 Å². The van der Waals surface area contributed by atoms with Crippen molar-refractivity contribution in [1.29, 1.82) is 0 Å². The Kier molecular flexibility index (Phi) is 3.06. The second-order valence-corrected chi connectivity index (χ2v) is 3.55. The number of hydrogen-bond acceptors (Lipinski definition) is 2. The molecule has 1 rings (SSSR count). The number of aldehydes is 1. The zero-order valence-electron chi connectivity index (χ0n) is 8.24. The fraction of sp³-hybridized carbons (Fsp3) is 0.250. The summed E-state index contributed by atoms with van der Waals surface area (Å²) in [5.74, 6) is 5.51. The smallest absolute Gasteiger partial charge is 0.150 e. The third-order valence-electron chi connectivity index (χ3n) is 1.56. The highest BCUT2D eigenvalue weighted by Gasteiger charge is 2.05. The normalized spacial score (nSPS) is 10.2. The summed E-state index contributed by atoms with van der Waals surface area (Å²) in [6.45, 7) is 3.25. The van der Waals surface area contributed by atoms with E-state index in [4.69, 9.17) is 0 Å². The van der Waals surface area contributed by atoms with Crippen LogP contribution in [-0.2, 0) is 0 Å². The average Bonchev–Trinajstić information content (AvgIpc) is 2.14. The summed E-state index contributed by atoms with van der Waals surface area (Å²) >= 11 is 0. The summed E-state index contributed by atoms with van der Waals surface area (Å²) < 4.78 is 0. The molecule has 72 valence electrons. The van der Waals surface area contributed by atoms with Crippen LogP contribution in [0, 0.1) is 11.8 Å². The molecular weight excluding hydrogens is 177 g/mol. The van der Waals surface area contributed by atoms with Gasteiger partial charge < -0.3 is 5.11 Å². The number of benzene rings is 1. The van der Waals surface area contributed by atoms with Gasteiger partial charge >= 0.3 is 0 Å². The molecule has 0 aliphatic carbocycles. The van der Waals surface area contributed by atoms with E-state index in [1.165, 1.54) is 0 Å². The predicted octanol–water partition coefficient (Wildman–Crippen LogP) is 1.62. The fourth-order valence-electron chi connectivity index (χ4n) is 0.870. The minimum absolute atomic E-state index is 0.624.